The van der Waals surface area contributed by atoms with Crippen LogP contribution in [0.2, 0.25) is 0 Å². The van der Waals surface area contributed by atoms with Crippen LogP contribution in [-0.2, 0) is 6.42 Å². The number of hydrogen-bond donors (Lipinski definition) is 1. The van der Waals surface area contributed by atoms with Gasteiger partial charge in [-0.2, -0.15) is 0 Å². The first-order chi connectivity index (χ1) is 8.74. The van der Waals surface area contributed by atoms with E-state index in [1.165, 1.54) is 49.0 Å². The fourth-order valence-electron chi connectivity index (χ4n) is 3.00. The van der Waals surface area contributed by atoms with Gasteiger partial charge in [0.05, 0.1) is 0 Å². The number of fused-ring (bicyclic) bond motifs is 1. The van der Waals surface area contributed by atoms with Crippen LogP contribution in [0, 0.1) is 12.8 Å². The van der Waals surface area contributed by atoms with Crippen molar-refractivity contribution in [3.63, 3.8) is 0 Å². The Bertz CT molecular complexity index is 387. The Balaban J connectivity index is 2.12. The lowest BCUT2D eigenvalue weighted by Gasteiger charge is -2.34. The maximum absolute atomic E-state index is 5.89. The number of hydrogen-bond acceptors (Lipinski definition) is 2. The van der Waals surface area contributed by atoms with E-state index in [-0.39, 0.29) is 0 Å². The Morgan fingerprint density at radius 1 is 1.39 bits per heavy atom. The van der Waals surface area contributed by atoms with Crippen LogP contribution in [0.15, 0.2) is 18.2 Å². The van der Waals surface area contributed by atoms with Crippen LogP contribution in [0.1, 0.15) is 37.3 Å². The van der Waals surface area contributed by atoms with Gasteiger partial charge in [0.15, 0.2) is 0 Å². The molecule has 0 saturated carbocycles. The maximum atomic E-state index is 5.89. The molecule has 0 saturated heterocycles. The van der Waals surface area contributed by atoms with Crippen molar-refractivity contribution in [3.05, 3.63) is 29.3 Å². The van der Waals surface area contributed by atoms with Crippen LogP contribution in [0.25, 0.3) is 0 Å². The van der Waals surface area contributed by atoms with Gasteiger partial charge in [-0.3, -0.25) is 0 Å². The molecule has 18 heavy (non-hydrogen) atoms. The summed E-state index contributed by atoms with van der Waals surface area (Å²) in [6, 6.07) is 6.87. The Morgan fingerprint density at radius 2 is 2.22 bits per heavy atom. The lowest BCUT2D eigenvalue weighted by atomic mass is 9.97. The van der Waals surface area contributed by atoms with E-state index in [2.05, 4.69) is 36.9 Å². The summed E-state index contributed by atoms with van der Waals surface area (Å²) < 4.78 is 0. The second-order valence-electron chi connectivity index (χ2n) is 5.57. The third-order valence-corrected chi connectivity index (χ3v) is 3.96. The third-order valence-electron chi connectivity index (χ3n) is 3.96. The molecule has 2 heteroatoms. The minimum Gasteiger partial charge on any atom is -0.371 e. The Labute approximate surface area is 111 Å². The van der Waals surface area contributed by atoms with Gasteiger partial charge in [0.1, 0.15) is 0 Å². The summed E-state index contributed by atoms with van der Waals surface area (Å²) >= 11 is 0. The maximum Gasteiger partial charge on any atom is 0.0399 e. The molecule has 1 aliphatic rings. The fraction of sp³-hybridized carbons (Fsp3) is 0.625. The average Bonchev–Trinajstić information content (AvgIpc) is 2.38. The molecule has 2 rings (SSSR count). The van der Waals surface area contributed by atoms with Crippen molar-refractivity contribution < 1.29 is 0 Å². The number of benzene rings is 1. The molecule has 2 nitrogen and oxygen atoms in total. The zero-order valence-electron chi connectivity index (χ0n) is 11.8. The predicted molar refractivity (Wildman–Crippen MR) is 79.2 cm³/mol. The van der Waals surface area contributed by atoms with E-state index in [1.54, 1.807) is 0 Å². The molecule has 1 heterocycles. The number of nitrogens with two attached hydrogens (primary N) is 1. The molecule has 1 aromatic carbocycles. The first-order valence-corrected chi connectivity index (χ1v) is 7.29. The van der Waals surface area contributed by atoms with Crippen LogP contribution in [0.4, 0.5) is 5.69 Å². The fourth-order valence-corrected chi connectivity index (χ4v) is 3.00. The van der Waals surface area contributed by atoms with Gasteiger partial charge in [0.2, 0.25) is 0 Å². The van der Waals surface area contributed by atoms with Crippen LogP contribution < -0.4 is 10.6 Å². The first-order valence-electron chi connectivity index (χ1n) is 7.29. The largest absolute Gasteiger partial charge is 0.371 e. The Kier molecular flexibility index (Phi) is 4.65. The standard InChI is InChI=1S/C16H26N2/c1-3-5-14(11-17)12-18-9-4-6-15-10-13(2)7-8-16(15)18/h7-8,10,14H,3-6,9,11-12,17H2,1-2H3. The second kappa shape index (κ2) is 6.24. The molecule has 100 valence electrons. The summed E-state index contributed by atoms with van der Waals surface area (Å²) in [5.41, 5.74) is 10.2. The number of nitrogens with zero attached hydrogens (tertiary/aromatic N) is 1. The minimum atomic E-state index is 0.641. The third kappa shape index (κ3) is 3.05. The van der Waals surface area contributed by atoms with E-state index in [0.29, 0.717) is 5.92 Å². The summed E-state index contributed by atoms with van der Waals surface area (Å²) in [6.07, 6.45) is 4.99. The summed E-state index contributed by atoms with van der Waals surface area (Å²) in [4.78, 5) is 2.55. The van der Waals surface area contributed by atoms with Gasteiger partial charge in [-0.25, -0.2) is 0 Å². The Hall–Kier alpha value is -1.02. The molecule has 0 radical (unpaired) electrons. The molecule has 2 N–H and O–H groups in total. The highest BCUT2D eigenvalue weighted by molar-refractivity contribution is 5.56. The lowest BCUT2D eigenvalue weighted by Crippen LogP contribution is -2.36. The van der Waals surface area contributed by atoms with Gasteiger partial charge in [-0.05, 0) is 50.3 Å². The topological polar surface area (TPSA) is 29.3 Å². The lowest BCUT2D eigenvalue weighted by molar-refractivity contribution is 0.474. The van der Waals surface area contributed by atoms with Crippen molar-refractivity contribution in [2.75, 3.05) is 24.5 Å². The smallest absolute Gasteiger partial charge is 0.0399 e. The van der Waals surface area contributed by atoms with Crippen LogP contribution in [0.5, 0.6) is 0 Å². The monoisotopic (exact) mass is 246 g/mol. The molecule has 0 fully saturated rings. The molecule has 0 amide bonds. The molecule has 1 aromatic rings. The SMILES string of the molecule is CCCC(CN)CN1CCCc2cc(C)ccc21. The van der Waals surface area contributed by atoms with Gasteiger partial charge in [0.25, 0.3) is 0 Å². The van der Waals surface area contributed by atoms with Crippen molar-refractivity contribution in [1.82, 2.24) is 0 Å². The number of anilines is 1. The van der Waals surface area contributed by atoms with E-state index in [1.807, 2.05) is 0 Å². The summed E-state index contributed by atoms with van der Waals surface area (Å²) in [6.45, 7) is 7.55. The van der Waals surface area contributed by atoms with Crippen molar-refractivity contribution in [3.8, 4) is 0 Å². The van der Waals surface area contributed by atoms with E-state index in [4.69, 9.17) is 5.73 Å². The van der Waals surface area contributed by atoms with E-state index in [9.17, 15) is 0 Å². The van der Waals surface area contributed by atoms with Gasteiger partial charge >= 0.3 is 0 Å². The zero-order valence-corrected chi connectivity index (χ0v) is 11.8. The number of rotatable bonds is 5. The van der Waals surface area contributed by atoms with Crippen molar-refractivity contribution in [2.24, 2.45) is 11.7 Å². The van der Waals surface area contributed by atoms with E-state index in [0.717, 1.165) is 13.1 Å². The molecule has 0 spiro atoms. The molecule has 1 atom stereocenters. The number of aryl methyl sites for hydroxylation is 2. The van der Waals surface area contributed by atoms with Gasteiger partial charge in [-0.1, -0.05) is 31.0 Å². The van der Waals surface area contributed by atoms with Crippen molar-refractivity contribution in [2.45, 2.75) is 39.5 Å². The first kappa shape index (κ1) is 13.4. The van der Waals surface area contributed by atoms with Crippen molar-refractivity contribution >= 4 is 5.69 Å². The van der Waals surface area contributed by atoms with Crippen molar-refractivity contribution in [1.29, 1.82) is 0 Å². The second-order valence-corrected chi connectivity index (χ2v) is 5.57. The van der Waals surface area contributed by atoms with Gasteiger partial charge in [0, 0.05) is 18.8 Å². The zero-order chi connectivity index (χ0) is 13.0. The molecule has 1 unspecified atom stereocenters. The van der Waals surface area contributed by atoms with Gasteiger partial charge in [-0.15, -0.1) is 0 Å². The van der Waals surface area contributed by atoms with Gasteiger partial charge < -0.3 is 10.6 Å². The Morgan fingerprint density at radius 3 is 2.94 bits per heavy atom. The highest BCUT2D eigenvalue weighted by atomic mass is 15.1. The summed E-state index contributed by atoms with van der Waals surface area (Å²) in [5, 5.41) is 0. The molecule has 0 bridgehead atoms. The van der Waals surface area contributed by atoms with Crippen LogP contribution in [-0.4, -0.2) is 19.6 Å². The quantitative estimate of drug-likeness (QED) is 0.865. The molecule has 1 aliphatic heterocycles. The van der Waals surface area contributed by atoms with Crippen LogP contribution in [0.3, 0.4) is 0 Å². The summed E-state index contributed by atoms with van der Waals surface area (Å²) in [5.74, 6) is 0.641. The minimum absolute atomic E-state index is 0.641. The highest BCUT2D eigenvalue weighted by Crippen LogP contribution is 2.28. The highest BCUT2D eigenvalue weighted by Gasteiger charge is 2.19. The summed E-state index contributed by atoms with van der Waals surface area (Å²) in [7, 11) is 0. The average molecular weight is 246 g/mol. The van der Waals surface area contributed by atoms with E-state index >= 15 is 0 Å². The van der Waals surface area contributed by atoms with E-state index < -0.39 is 0 Å². The molecular formula is C16H26N2. The molecule has 0 aliphatic carbocycles. The molecular weight excluding hydrogens is 220 g/mol. The normalized spacial score (nSPS) is 16.5. The van der Waals surface area contributed by atoms with Crippen LogP contribution >= 0.6 is 0 Å². The molecule has 0 aromatic heterocycles. The predicted octanol–water partition coefficient (Wildman–Crippen LogP) is 3.12.